The van der Waals surface area contributed by atoms with Crippen molar-refractivity contribution in [2.24, 2.45) is 5.92 Å². The first-order valence-electron chi connectivity index (χ1n) is 5.64. The Morgan fingerprint density at radius 3 is 2.82 bits per heavy atom. The topological polar surface area (TPSA) is 26.3 Å². The normalized spacial score (nSPS) is 23.7. The predicted molar refractivity (Wildman–Crippen MR) is 68.6 cm³/mol. The van der Waals surface area contributed by atoms with Gasteiger partial charge in [0.05, 0.1) is 13.0 Å². The van der Waals surface area contributed by atoms with Crippen molar-refractivity contribution in [2.75, 3.05) is 7.11 Å². The van der Waals surface area contributed by atoms with Crippen LogP contribution in [0.3, 0.4) is 0 Å². The van der Waals surface area contributed by atoms with Gasteiger partial charge >= 0.3 is 5.97 Å². The van der Waals surface area contributed by atoms with Crippen LogP contribution in [0, 0.1) is 5.92 Å². The second-order valence-corrected chi connectivity index (χ2v) is 5.24. The van der Waals surface area contributed by atoms with Gasteiger partial charge in [0.2, 0.25) is 0 Å². The van der Waals surface area contributed by atoms with Crippen LogP contribution in [-0.4, -0.2) is 13.1 Å². The summed E-state index contributed by atoms with van der Waals surface area (Å²) in [6.45, 7) is 0. The van der Waals surface area contributed by atoms with E-state index in [0.717, 1.165) is 29.8 Å². The molecule has 1 saturated carbocycles. The maximum absolute atomic E-state index is 11.5. The highest BCUT2D eigenvalue weighted by molar-refractivity contribution is 6.33. The van der Waals surface area contributed by atoms with E-state index in [1.807, 2.05) is 12.1 Å². The lowest BCUT2D eigenvalue weighted by molar-refractivity contribution is -0.145. The zero-order valence-electron chi connectivity index (χ0n) is 9.58. The summed E-state index contributed by atoms with van der Waals surface area (Å²) in [5.74, 6) is 0.191. The average Bonchev–Trinajstić information content (AvgIpc) is 2.80. The first kappa shape index (κ1) is 12.7. The van der Waals surface area contributed by atoms with Crippen LogP contribution < -0.4 is 0 Å². The van der Waals surface area contributed by atoms with Gasteiger partial charge in [0, 0.05) is 10.0 Å². The monoisotopic (exact) mass is 272 g/mol. The summed E-state index contributed by atoms with van der Waals surface area (Å²) in [4.78, 5) is 11.5. The molecule has 0 spiro atoms. The minimum atomic E-state index is -0.120. The molecule has 0 N–H and O–H groups in total. The van der Waals surface area contributed by atoms with Gasteiger partial charge in [-0.1, -0.05) is 23.2 Å². The second-order valence-electron chi connectivity index (χ2n) is 4.40. The molecular formula is C13H14Cl2O2. The molecule has 1 aromatic carbocycles. The van der Waals surface area contributed by atoms with E-state index in [9.17, 15) is 4.79 Å². The SMILES string of the molecule is COC(=O)C1CCC(c2cc(Cl)ccc2Cl)C1. The highest BCUT2D eigenvalue weighted by Crippen LogP contribution is 2.41. The van der Waals surface area contributed by atoms with E-state index in [0.29, 0.717) is 10.9 Å². The molecule has 1 fully saturated rings. The van der Waals surface area contributed by atoms with E-state index in [-0.39, 0.29) is 11.9 Å². The third-order valence-corrected chi connectivity index (χ3v) is 3.94. The van der Waals surface area contributed by atoms with Crippen LogP contribution in [0.1, 0.15) is 30.7 Å². The van der Waals surface area contributed by atoms with Crippen molar-refractivity contribution in [3.63, 3.8) is 0 Å². The van der Waals surface area contributed by atoms with Gasteiger partial charge in [0.25, 0.3) is 0 Å². The van der Waals surface area contributed by atoms with Crippen molar-refractivity contribution in [1.82, 2.24) is 0 Å². The van der Waals surface area contributed by atoms with Crippen molar-refractivity contribution < 1.29 is 9.53 Å². The predicted octanol–water partition coefficient (Wildman–Crippen LogP) is 4.05. The fourth-order valence-corrected chi connectivity index (χ4v) is 2.92. The number of esters is 1. The zero-order chi connectivity index (χ0) is 12.4. The number of carbonyl (C=O) groups excluding carboxylic acids is 1. The van der Waals surface area contributed by atoms with Gasteiger partial charge in [-0.2, -0.15) is 0 Å². The van der Waals surface area contributed by atoms with E-state index in [1.165, 1.54) is 7.11 Å². The van der Waals surface area contributed by atoms with Crippen molar-refractivity contribution in [3.05, 3.63) is 33.8 Å². The van der Waals surface area contributed by atoms with Gasteiger partial charge in [-0.15, -0.1) is 0 Å². The van der Waals surface area contributed by atoms with Crippen LogP contribution in [0.15, 0.2) is 18.2 Å². The number of methoxy groups -OCH3 is 1. The van der Waals surface area contributed by atoms with E-state index in [1.54, 1.807) is 6.07 Å². The fraction of sp³-hybridized carbons (Fsp3) is 0.462. The van der Waals surface area contributed by atoms with Gasteiger partial charge in [0.15, 0.2) is 0 Å². The number of benzene rings is 1. The van der Waals surface area contributed by atoms with Crippen LogP contribution in [0.2, 0.25) is 10.0 Å². The lowest BCUT2D eigenvalue weighted by Gasteiger charge is -2.12. The number of hydrogen-bond acceptors (Lipinski definition) is 2. The van der Waals surface area contributed by atoms with Crippen LogP contribution in [0.5, 0.6) is 0 Å². The van der Waals surface area contributed by atoms with Gasteiger partial charge < -0.3 is 4.74 Å². The Bertz CT molecular complexity index is 431. The van der Waals surface area contributed by atoms with Crippen LogP contribution in [0.4, 0.5) is 0 Å². The van der Waals surface area contributed by atoms with Gasteiger partial charge in [-0.05, 0) is 48.9 Å². The van der Waals surface area contributed by atoms with E-state index in [4.69, 9.17) is 27.9 Å². The minimum absolute atomic E-state index is 0.0000447. The van der Waals surface area contributed by atoms with Crippen molar-refractivity contribution >= 4 is 29.2 Å². The van der Waals surface area contributed by atoms with Crippen molar-refractivity contribution in [2.45, 2.75) is 25.2 Å². The first-order chi connectivity index (χ1) is 8.11. The number of rotatable bonds is 2. The molecule has 2 unspecified atom stereocenters. The molecule has 0 radical (unpaired) electrons. The molecule has 0 aromatic heterocycles. The highest BCUT2D eigenvalue weighted by atomic mass is 35.5. The van der Waals surface area contributed by atoms with Crippen LogP contribution in [0.25, 0.3) is 0 Å². The number of carbonyl (C=O) groups is 1. The summed E-state index contributed by atoms with van der Waals surface area (Å²) < 4.78 is 4.77. The third-order valence-electron chi connectivity index (χ3n) is 3.37. The first-order valence-corrected chi connectivity index (χ1v) is 6.40. The molecule has 2 rings (SSSR count). The molecule has 0 saturated heterocycles. The molecule has 2 nitrogen and oxygen atoms in total. The summed E-state index contributed by atoms with van der Waals surface area (Å²) in [5, 5.41) is 1.41. The Labute approximate surface area is 111 Å². The molecule has 1 aliphatic rings. The summed E-state index contributed by atoms with van der Waals surface area (Å²) in [6, 6.07) is 5.49. The molecule has 17 heavy (non-hydrogen) atoms. The lowest BCUT2D eigenvalue weighted by Crippen LogP contribution is -2.12. The molecule has 1 aliphatic carbocycles. The van der Waals surface area contributed by atoms with Gasteiger partial charge in [-0.25, -0.2) is 0 Å². The minimum Gasteiger partial charge on any atom is -0.469 e. The number of hydrogen-bond donors (Lipinski definition) is 0. The fourth-order valence-electron chi connectivity index (χ4n) is 2.47. The van der Waals surface area contributed by atoms with Crippen LogP contribution >= 0.6 is 23.2 Å². The molecule has 1 aromatic rings. The Morgan fingerprint density at radius 1 is 1.35 bits per heavy atom. The number of ether oxygens (including phenoxy) is 1. The molecular weight excluding hydrogens is 259 g/mol. The molecule has 0 aliphatic heterocycles. The maximum atomic E-state index is 11.5. The lowest BCUT2D eigenvalue weighted by atomic mass is 9.96. The summed E-state index contributed by atoms with van der Waals surface area (Å²) in [6.07, 6.45) is 2.62. The smallest absolute Gasteiger partial charge is 0.308 e. The average molecular weight is 273 g/mol. The Balaban J connectivity index is 2.15. The van der Waals surface area contributed by atoms with Crippen LogP contribution in [-0.2, 0) is 9.53 Å². The largest absolute Gasteiger partial charge is 0.469 e. The molecule has 0 amide bonds. The summed E-state index contributed by atoms with van der Waals surface area (Å²) in [7, 11) is 1.43. The standard InChI is InChI=1S/C13H14Cl2O2/c1-17-13(16)9-3-2-8(6-9)11-7-10(14)4-5-12(11)15/h4-5,7-9H,2-3,6H2,1H3. The molecule has 4 heteroatoms. The zero-order valence-corrected chi connectivity index (χ0v) is 11.1. The highest BCUT2D eigenvalue weighted by Gasteiger charge is 2.32. The maximum Gasteiger partial charge on any atom is 0.308 e. The number of halogens is 2. The van der Waals surface area contributed by atoms with Crippen molar-refractivity contribution in [1.29, 1.82) is 0 Å². The van der Waals surface area contributed by atoms with Gasteiger partial charge in [-0.3, -0.25) is 4.79 Å². The van der Waals surface area contributed by atoms with Crippen molar-refractivity contribution in [3.8, 4) is 0 Å². The van der Waals surface area contributed by atoms with E-state index in [2.05, 4.69) is 0 Å². The van der Waals surface area contributed by atoms with Gasteiger partial charge in [0.1, 0.15) is 0 Å². The van der Waals surface area contributed by atoms with E-state index < -0.39 is 0 Å². The van der Waals surface area contributed by atoms with E-state index >= 15 is 0 Å². The Morgan fingerprint density at radius 2 is 2.12 bits per heavy atom. The summed E-state index contributed by atoms with van der Waals surface area (Å²) >= 11 is 12.1. The third kappa shape index (κ3) is 2.75. The second kappa shape index (κ2) is 5.28. The molecule has 0 heterocycles. The Hall–Kier alpha value is -0.730. The Kier molecular flexibility index (Phi) is 3.95. The molecule has 92 valence electrons. The molecule has 2 atom stereocenters. The molecule has 0 bridgehead atoms. The summed E-state index contributed by atoms with van der Waals surface area (Å²) in [5.41, 5.74) is 1.05. The quantitative estimate of drug-likeness (QED) is 0.760.